The Bertz CT molecular complexity index is 1180. The van der Waals surface area contributed by atoms with Crippen LogP contribution in [0.3, 0.4) is 0 Å². The number of aromatic carboxylic acids is 1. The van der Waals surface area contributed by atoms with Crippen LogP contribution in [-0.2, 0) is 10.1 Å². The highest BCUT2D eigenvalue weighted by atomic mass is 32.2. The van der Waals surface area contributed by atoms with Crippen LogP contribution in [0.15, 0.2) is 69.3 Å². The highest BCUT2D eigenvalue weighted by Gasteiger charge is 2.15. The van der Waals surface area contributed by atoms with E-state index >= 15 is 0 Å². The lowest BCUT2D eigenvalue weighted by Gasteiger charge is -2.08. The van der Waals surface area contributed by atoms with Crippen LogP contribution >= 0.6 is 0 Å². The first-order valence-electron chi connectivity index (χ1n) is 7.49. The molecule has 3 rings (SSSR count). The maximum absolute atomic E-state index is 12.6. The van der Waals surface area contributed by atoms with Gasteiger partial charge in [0.25, 0.3) is 5.56 Å². The lowest BCUT2D eigenvalue weighted by atomic mass is 10.2. The molecule has 0 bridgehead atoms. The van der Waals surface area contributed by atoms with Crippen molar-refractivity contribution in [3.63, 3.8) is 0 Å². The maximum Gasteiger partial charge on any atom is 0.280 e. The Morgan fingerprint density at radius 3 is 2.26 bits per heavy atom. The van der Waals surface area contributed by atoms with Gasteiger partial charge in [0.15, 0.2) is 0 Å². The fourth-order valence-electron chi connectivity index (χ4n) is 2.32. The van der Waals surface area contributed by atoms with Gasteiger partial charge in [-0.25, -0.2) is 13.1 Å². The molecule has 3 aromatic rings. The van der Waals surface area contributed by atoms with Gasteiger partial charge in [-0.1, -0.05) is 18.2 Å². The van der Waals surface area contributed by atoms with Crippen molar-refractivity contribution in [3.05, 3.63) is 76.2 Å². The Morgan fingerprint density at radius 2 is 1.70 bits per heavy atom. The Hall–Kier alpha value is -3.50. The van der Waals surface area contributed by atoms with Crippen LogP contribution in [0.5, 0.6) is 0 Å². The molecule has 9 nitrogen and oxygen atoms in total. The number of aromatic amines is 1. The summed E-state index contributed by atoms with van der Waals surface area (Å²) in [5, 5.41) is 13.7. The molecule has 27 heavy (non-hydrogen) atoms. The average Bonchev–Trinajstić information content (AvgIpc) is 2.97. The molecule has 1 N–H and O–H groups in total. The summed E-state index contributed by atoms with van der Waals surface area (Å²) >= 11 is 0. The number of hydrogen-bond donors (Lipinski definition) is 1. The van der Waals surface area contributed by atoms with Crippen LogP contribution in [0.1, 0.15) is 16.1 Å². The Labute approximate surface area is 153 Å². The van der Waals surface area contributed by atoms with E-state index in [1.165, 1.54) is 12.1 Å². The molecular weight excluding hydrogens is 374 g/mol. The number of benzene rings is 2. The summed E-state index contributed by atoms with van der Waals surface area (Å²) in [5.74, 6) is -1.61. The van der Waals surface area contributed by atoms with Crippen LogP contribution in [-0.4, -0.2) is 34.9 Å². The number of nitrogens with one attached hydrogen (secondary N) is 1. The van der Waals surface area contributed by atoms with E-state index in [1.807, 2.05) is 0 Å². The molecule has 0 fully saturated rings. The van der Waals surface area contributed by atoms with Crippen LogP contribution in [0.2, 0.25) is 0 Å². The van der Waals surface area contributed by atoms with E-state index in [0.29, 0.717) is 5.69 Å². The lowest BCUT2D eigenvalue weighted by Crippen LogP contribution is -2.24. The third-order valence-corrected chi connectivity index (χ3v) is 4.46. The molecule has 0 atom stereocenters. The number of rotatable bonds is 5. The monoisotopic (exact) mass is 385 g/mol. The van der Waals surface area contributed by atoms with E-state index in [0.717, 1.165) is 23.0 Å². The second-order valence-corrected chi connectivity index (χ2v) is 6.75. The zero-order valence-electron chi connectivity index (χ0n) is 13.5. The normalized spacial score (nSPS) is 11.7. The number of aliphatic imine (C=N–C) groups is 1. The number of hydrogen-bond acceptors (Lipinski definition) is 7. The molecule has 1 aromatic heterocycles. The van der Waals surface area contributed by atoms with Crippen molar-refractivity contribution in [3.8, 4) is 5.69 Å². The predicted molar refractivity (Wildman–Crippen MR) is 92.4 cm³/mol. The van der Waals surface area contributed by atoms with Crippen molar-refractivity contribution in [2.75, 3.05) is 0 Å². The van der Waals surface area contributed by atoms with Crippen molar-refractivity contribution in [1.29, 1.82) is 0 Å². The highest BCUT2D eigenvalue weighted by molar-refractivity contribution is 7.85. The van der Waals surface area contributed by atoms with Gasteiger partial charge in [-0.3, -0.25) is 14.9 Å². The van der Waals surface area contributed by atoms with E-state index < -0.39 is 32.2 Å². The molecule has 0 aliphatic heterocycles. The quantitative estimate of drug-likeness (QED) is 0.489. The number of carbonyl (C=O) groups excluding carboxylic acids is 1. The molecular formula is C17H11N3O6S-2. The van der Waals surface area contributed by atoms with E-state index in [2.05, 4.69) is 10.1 Å². The molecule has 0 amide bonds. The van der Waals surface area contributed by atoms with Crippen molar-refractivity contribution in [2.45, 2.75) is 4.90 Å². The summed E-state index contributed by atoms with van der Waals surface area (Å²) in [6.07, 6.45) is 1.10. The Kier molecular flexibility index (Phi) is 4.75. The topological polar surface area (TPSA) is 147 Å². The summed E-state index contributed by atoms with van der Waals surface area (Å²) < 4.78 is 33.8. The summed E-state index contributed by atoms with van der Waals surface area (Å²) in [6, 6.07) is 13.0. The van der Waals surface area contributed by atoms with Gasteiger partial charge in [0, 0.05) is 6.21 Å². The number of aromatic nitrogens is 2. The summed E-state index contributed by atoms with van der Waals surface area (Å²) in [7, 11) is -4.64. The zero-order chi connectivity index (χ0) is 19.6. The third-order valence-electron chi connectivity index (χ3n) is 3.61. The molecule has 0 aliphatic carbocycles. The van der Waals surface area contributed by atoms with Crippen LogP contribution < -0.4 is 10.7 Å². The molecule has 10 heteroatoms. The number of nitrogens with zero attached hydrogens (tertiary/aromatic N) is 2. The Balaban J connectivity index is 2.07. The molecule has 138 valence electrons. The first-order valence-corrected chi connectivity index (χ1v) is 8.90. The van der Waals surface area contributed by atoms with Gasteiger partial charge in [-0.05, 0) is 36.4 Å². The number of H-pyrrole nitrogens is 1. The van der Waals surface area contributed by atoms with E-state index in [4.69, 9.17) is 0 Å². The standard InChI is InChI=1S/C17H13N3O6S/c21-16-14(10-18-11-4-2-1-3-5-11)15(17(22)23)19-20(16)12-6-8-13(9-7-12)27(24,25)26/h1-10,19H,(H,22,23)(H,24,25,26)/p-2. The minimum Gasteiger partial charge on any atom is -0.744 e. The fraction of sp³-hybridized carbons (Fsp3) is 0. The van der Waals surface area contributed by atoms with Crippen LogP contribution in [0.4, 0.5) is 5.69 Å². The second-order valence-electron chi connectivity index (χ2n) is 5.37. The predicted octanol–water partition coefficient (Wildman–Crippen LogP) is 0.184. The van der Waals surface area contributed by atoms with Gasteiger partial charge >= 0.3 is 0 Å². The van der Waals surface area contributed by atoms with E-state index in [-0.39, 0.29) is 11.3 Å². The summed E-state index contributed by atoms with van der Waals surface area (Å²) in [5.41, 5.74) is -0.806. The average molecular weight is 385 g/mol. The first kappa shape index (κ1) is 18.3. The SMILES string of the molecule is O=C([O-])c1[nH]n(-c2ccc(S(=O)(=O)[O-])cc2)c(=O)c1C=Nc1ccccc1. The van der Waals surface area contributed by atoms with E-state index in [9.17, 15) is 27.7 Å². The van der Waals surface area contributed by atoms with Crippen molar-refractivity contribution in [1.82, 2.24) is 9.78 Å². The molecule has 0 unspecified atom stereocenters. The maximum atomic E-state index is 12.6. The van der Waals surface area contributed by atoms with E-state index in [1.54, 1.807) is 30.3 Å². The molecule has 0 spiro atoms. The molecule has 1 heterocycles. The lowest BCUT2D eigenvalue weighted by molar-refractivity contribution is -0.255. The summed E-state index contributed by atoms with van der Waals surface area (Å²) in [6.45, 7) is 0. The second kappa shape index (κ2) is 7.02. The molecule has 0 aliphatic rings. The number of carboxylic acids is 1. The number of carbonyl (C=O) groups is 1. The van der Waals surface area contributed by atoms with Gasteiger partial charge < -0.3 is 14.5 Å². The minimum absolute atomic E-state index is 0.134. The van der Waals surface area contributed by atoms with Gasteiger partial charge in [0.1, 0.15) is 10.1 Å². The molecule has 0 saturated carbocycles. The van der Waals surface area contributed by atoms with Crippen molar-refractivity contribution >= 4 is 28.0 Å². The van der Waals surface area contributed by atoms with Gasteiger partial charge in [0.2, 0.25) is 0 Å². The first-order chi connectivity index (χ1) is 12.8. The minimum atomic E-state index is -4.64. The summed E-state index contributed by atoms with van der Waals surface area (Å²) in [4.78, 5) is 27.5. The zero-order valence-corrected chi connectivity index (χ0v) is 14.3. The molecule has 2 aromatic carbocycles. The van der Waals surface area contributed by atoms with Crippen molar-refractivity contribution in [2.24, 2.45) is 4.99 Å². The molecule has 0 radical (unpaired) electrons. The fourth-order valence-corrected chi connectivity index (χ4v) is 2.79. The Morgan fingerprint density at radius 1 is 1.07 bits per heavy atom. The number of carboxylic acid groups (broad SMARTS) is 1. The molecule has 0 saturated heterocycles. The smallest absolute Gasteiger partial charge is 0.280 e. The largest absolute Gasteiger partial charge is 0.744 e. The van der Waals surface area contributed by atoms with Crippen LogP contribution in [0, 0.1) is 0 Å². The van der Waals surface area contributed by atoms with Crippen LogP contribution in [0.25, 0.3) is 5.69 Å². The highest BCUT2D eigenvalue weighted by Crippen LogP contribution is 2.14. The van der Waals surface area contributed by atoms with Gasteiger partial charge in [-0.2, -0.15) is 0 Å². The number of para-hydroxylation sites is 1. The van der Waals surface area contributed by atoms with Gasteiger partial charge in [-0.15, -0.1) is 0 Å². The van der Waals surface area contributed by atoms with Gasteiger partial charge in [0.05, 0.1) is 33.5 Å². The van der Waals surface area contributed by atoms with Crippen molar-refractivity contribution < 1.29 is 22.9 Å². The third kappa shape index (κ3) is 3.86.